The van der Waals surface area contributed by atoms with E-state index in [2.05, 4.69) is 6.58 Å². The van der Waals surface area contributed by atoms with E-state index in [-0.39, 0.29) is 17.7 Å². The minimum Gasteiger partial charge on any atom is -0.444 e. The molecule has 0 aliphatic carbocycles. The first-order valence-electron chi connectivity index (χ1n) is 9.95. The molecule has 0 spiro atoms. The lowest BCUT2D eigenvalue weighted by atomic mass is 10.0. The number of halogens is 1. The first-order chi connectivity index (χ1) is 14.0. The van der Waals surface area contributed by atoms with Gasteiger partial charge in [0, 0.05) is 12.0 Å². The summed E-state index contributed by atoms with van der Waals surface area (Å²) in [5, 5.41) is 0. The number of carbonyl (C=O) groups is 2. The van der Waals surface area contributed by atoms with E-state index in [0.29, 0.717) is 30.6 Å². The molecule has 1 aliphatic rings. The zero-order valence-electron chi connectivity index (χ0n) is 16.7. The average molecular weight is 395 g/mol. The zero-order chi connectivity index (χ0) is 20.8. The summed E-state index contributed by atoms with van der Waals surface area (Å²) in [6.07, 6.45) is 4.90. The molecule has 5 heteroatoms. The number of Topliss-reactive ketones (excluding diaryl/α,β-unsaturated/α-hetero) is 1. The van der Waals surface area contributed by atoms with E-state index >= 15 is 0 Å². The fourth-order valence-electron chi connectivity index (χ4n) is 3.45. The highest BCUT2D eigenvalue weighted by atomic mass is 19.1. The van der Waals surface area contributed by atoms with Crippen molar-refractivity contribution in [1.82, 2.24) is 0 Å². The van der Waals surface area contributed by atoms with Gasteiger partial charge in [-0.3, -0.25) is 4.90 Å². The van der Waals surface area contributed by atoms with Crippen LogP contribution < -0.4 is 4.90 Å². The van der Waals surface area contributed by atoms with E-state index < -0.39 is 6.09 Å². The van der Waals surface area contributed by atoms with Gasteiger partial charge in [-0.25, -0.2) is 9.18 Å². The lowest BCUT2D eigenvalue weighted by molar-refractivity contribution is -0.117. The number of allylic oxidation sites excluding steroid dienone is 1. The molecule has 152 valence electrons. The van der Waals surface area contributed by atoms with Gasteiger partial charge < -0.3 is 9.53 Å². The van der Waals surface area contributed by atoms with Gasteiger partial charge in [-0.2, -0.15) is 0 Å². The second kappa shape index (κ2) is 9.50. The highest BCUT2D eigenvalue weighted by Crippen LogP contribution is 2.30. The number of unbranched alkanes of at least 4 members (excludes halogenated alkanes) is 1. The SMILES string of the molecule is C=CCCCc1ccc(-c2ccc(N3C[C@H](CCC(C)=O)OC3=O)cc2F)cc1. The van der Waals surface area contributed by atoms with E-state index in [4.69, 9.17) is 4.74 Å². The molecule has 0 radical (unpaired) electrons. The van der Waals surface area contributed by atoms with Crippen molar-refractivity contribution < 1.29 is 18.7 Å². The maximum Gasteiger partial charge on any atom is 0.414 e. The van der Waals surface area contributed by atoms with Crippen LogP contribution in [0.1, 0.15) is 38.2 Å². The van der Waals surface area contributed by atoms with Gasteiger partial charge in [0.25, 0.3) is 0 Å². The number of cyclic esters (lactones) is 1. The van der Waals surface area contributed by atoms with E-state index in [1.807, 2.05) is 30.3 Å². The van der Waals surface area contributed by atoms with E-state index in [0.717, 1.165) is 24.8 Å². The highest BCUT2D eigenvalue weighted by molar-refractivity contribution is 5.90. The van der Waals surface area contributed by atoms with Crippen molar-refractivity contribution in [1.29, 1.82) is 0 Å². The van der Waals surface area contributed by atoms with Gasteiger partial charge in [0.15, 0.2) is 0 Å². The lowest BCUT2D eigenvalue weighted by Gasteiger charge is -2.14. The average Bonchev–Trinajstić information content (AvgIpc) is 3.08. The Kier molecular flexibility index (Phi) is 6.81. The molecule has 3 rings (SSSR count). The Balaban J connectivity index is 1.69. The van der Waals surface area contributed by atoms with Crippen molar-refractivity contribution in [2.24, 2.45) is 0 Å². The molecule has 1 saturated heterocycles. The van der Waals surface area contributed by atoms with Crippen LogP contribution in [0, 0.1) is 5.82 Å². The summed E-state index contributed by atoms with van der Waals surface area (Å²) < 4.78 is 20.1. The predicted molar refractivity (Wildman–Crippen MR) is 113 cm³/mol. The van der Waals surface area contributed by atoms with Gasteiger partial charge in [-0.05, 0) is 61.9 Å². The Morgan fingerprint density at radius 2 is 2.03 bits per heavy atom. The van der Waals surface area contributed by atoms with Crippen LogP contribution in [-0.2, 0) is 16.0 Å². The van der Waals surface area contributed by atoms with Crippen molar-refractivity contribution in [3.05, 3.63) is 66.5 Å². The fraction of sp³-hybridized carbons (Fsp3) is 0.333. The molecule has 1 heterocycles. The Labute approximate surface area is 171 Å². The van der Waals surface area contributed by atoms with Gasteiger partial charge in [0.1, 0.15) is 17.7 Å². The number of anilines is 1. The second-order valence-electron chi connectivity index (χ2n) is 7.40. The first-order valence-corrected chi connectivity index (χ1v) is 9.95. The van der Waals surface area contributed by atoms with Crippen LogP contribution in [0.5, 0.6) is 0 Å². The topological polar surface area (TPSA) is 46.6 Å². The number of benzene rings is 2. The number of hydrogen-bond donors (Lipinski definition) is 0. The number of carbonyl (C=O) groups excluding carboxylic acids is 2. The van der Waals surface area contributed by atoms with Gasteiger partial charge in [-0.15, -0.1) is 6.58 Å². The molecular formula is C24H26FNO3. The Hall–Kier alpha value is -2.95. The molecule has 1 aliphatic heterocycles. The maximum absolute atomic E-state index is 14.8. The predicted octanol–water partition coefficient (Wildman–Crippen LogP) is 5.70. The maximum atomic E-state index is 14.8. The second-order valence-corrected chi connectivity index (χ2v) is 7.40. The largest absolute Gasteiger partial charge is 0.444 e. The standard InChI is InChI=1S/C24H26FNO3/c1-3-4-5-6-18-8-10-19(11-9-18)22-14-12-20(15-23(22)25)26-16-21(29-24(26)28)13-7-17(2)27/h3,8-12,14-15,21H,1,4-7,13,16H2,2H3/t21-/m0/s1. The van der Waals surface area contributed by atoms with Gasteiger partial charge in [-0.1, -0.05) is 30.3 Å². The number of amides is 1. The first kappa shape index (κ1) is 20.8. The summed E-state index contributed by atoms with van der Waals surface area (Å²) in [4.78, 5) is 24.7. The van der Waals surface area contributed by atoms with E-state index in [1.54, 1.807) is 12.1 Å². The molecule has 1 atom stereocenters. The number of nitrogens with zero attached hydrogens (tertiary/aromatic N) is 1. The number of aryl methyl sites for hydroxylation is 1. The quantitative estimate of drug-likeness (QED) is 0.404. The zero-order valence-corrected chi connectivity index (χ0v) is 16.7. The molecule has 0 N–H and O–H groups in total. The van der Waals surface area contributed by atoms with Gasteiger partial charge >= 0.3 is 6.09 Å². The molecule has 0 saturated carbocycles. The number of ketones is 1. The van der Waals surface area contributed by atoms with Crippen LogP contribution in [0.15, 0.2) is 55.1 Å². The van der Waals surface area contributed by atoms with Gasteiger partial charge in [0.05, 0.1) is 12.2 Å². The van der Waals surface area contributed by atoms with Crippen LogP contribution in [-0.4, -0.2) is 24.5 Å². The van der Waals surface area contributed by atoms with Crippen LogP contribution in [0.25, 0.3) is 11.1 Å². The third-order valence-electron chi connectivity index (χ3n) is 5.10. The summed E-state index contributed by atoms with van der Waals surface area (Å²) >= 11 is 0. The summed E-state index contributed by atoms with van der Waals surface area (Å²) in [5.74, 6) is -0.330. The third kappa shape index (κ3) is 5.31. The molecule has 1 fully saturated rings. The van der Waals surface area contributed by atoms with Crippen molar-refractivity contribution in [3.63, 3.8) is 0 Å². The molecule has 0 unspecified atom stereocenters. The van der Waals surface area contributed by atoms with Crippen LogP contribution >= 0.6 is 0 Å². The van der Waals surface area contributed by atoms with Crippen molar-refractivity contribution >= 4 is 17.6 Å². The molecule has 0 bridgehead atoms. The van der Waals surface area contributed by atoms with Crippen LogP contribution in [0.3, 0.4) is 0 Å². The Morgan fingerprint density at radius 3 is 2.69 bits per heavy atom. The summed E-state index contributed by atoms with van der Waals surface area (Å²) in [6.45, 7) is 5.56. The monoisotopic (exact) mass is 395 g/mol. The molecule has 0 aromatic heterocycles. The summed E-state index contributed by atoms with van der Waals surface area (Å²) in [5.41, 5.74) is 2.96. The molecule has 2 aromatic rings. The molecule has 29 heavy (non-hydrogen) atoms. The van der Waals surface area contributed by atoms with Crippen molar-refractivity contribution in [2.75, 3.05) is 11.4 Å². The van der Waals surface area contributed by atoms with Gasteiger partial charge in [0.2, 0.25) is 0 Å². The highest BCUT2D eigenvalue weighted by Gasteiger charge is 2.32. The van der Waals surface area contributed by atoms with Crippen LogP contribution in [0.4, 0.5) is 14.9 Å². The molecular weight excluding hydrogens is 369 g/mol. The molecule has 2 aromatic carbocycles. The van der Waals surface area contributed by atoms with Crippen molar-refractivity contribution in [3.8, 4) is 11.1 Å². The third-order valence-corrected chi connectivity index (χ3v) is 5.10. The molecule has 1 amide bonds. The van der Waals surface area contributed by atoms with Crippen LogP contribution in [0.2, 0.25) is 0 Å². The summed E-state index contributed by atoms with van der Waals surface area (Å²) in [7, 11) is 0. The normalized spacial score (nSPS) is 16.0. The van der Waals surface area contributed by atoms with E-state index in [9.17, 15) is 14.0 Å². The number of rotatable bonds is 9. The minimum atomic E-state index is -0.505. The van der Waals surface area contributed by atoms with E-state index in [1.165, 1.54) is 23.5 Å². The lowest BCUT2D eigenvalue weighted by Crippen LogP contribution is -2.24. The minimum absolute atomic E-state index is 0.0571. The fourth-order valence-corrected chi connectivity index (χ4v) is 3.45. The smallest absolute Gasteiger partial charge is 0.414 e. The summed E-state index contributed by atoms with van der Waals surface area (Å²) in [6, 6.07) is 12.7. The number of hydrogen-bond acceptors (Lipinski definition) is 3. The molecule has 4 nitrogen and oxygen atoms in total. The van der Waals surface area contributed by atoms with Crippen molar-refractivity contribution in [2.45, 2.75) is 45.1 Å². The number of ether oxygens (including phenoxy) is 1. The Bertz CT molecular complexity index is 891. The Morgan fingerprint density at radius 1 is 1.28 bits per heavy atom.